The first-order valence-electron chi connectivity index (χ1n) is 9.51. The third-order valence-electron chi connectivity index (χ3n) is 5.74. The number of halogens is 1. The summed E-state index contributed by atoms with van der Waals surface area (Å²) < 4.78 is 0. The number of amides is 2. The fourth-order valence-electron chi connectivity index (χ4n) is 4.55. The number of carbonyl (C=O) groups is 2. The highest BCUT2D eigenvalue weighted by atomic mass is 35.5. The van der Waals surface area contributed by atoms with Gasteiger partial charge in [-0.3, -0.25) is 9.59 Å². The van der Waals surface area contributed by atoms with Crippen molar-refractivity contribution < 1.29 is 9.59 Å². The first-order chi connectivity index (χ1) is 11.2. The van der Waals surface area contributed by atoms with Crippen LogP contribution >= 0.6 is 12.4 Å². The van der Waals surface area contributed by atoms with Crippen LogP contribution in [0.4, 0.5) is 0 Å². The lowest BCUT2D eigenvalue weighted by Crippen LogP contribution is -2.53. The zero-order valence-corrected chi connectivity index (χ0v) is 15.6. The molecule has 24 heavy (non-hydrogen) atoms. The lowest BCUT2D eigenvalue weighted by molar-refractivity contribution is -0.135. The van der Waals surface area contributed by atoms with Crippen LogP contribution < -0.4 is 10.6 Å². The van der Waals surface area contributed by atoms with Gasteiger partial charge in [0.15, 0.2) is 0 Å². The van der Waals surface area contributed by atoms with Gasteiger partial charge in [-0.2, -0.15) is 0 Å². The normalized spacial score (nSPS) is 32.6. The molecule has 4 unspecified atom stereocenters. The molecule has 6 heteroatoms. The summed E-state index contributed by atoms with van der Waals surface area (Å²) in [6, 6.07) is 0.700. The lowest BCUT2D eigenvalue weighted by atomic mass is 9.85. The topological polar surface area (TPSA) is 61.4 Å². The second-order valence-corrected chi connectivity index (χ2v) is 7.55. The molecule has 2 heterocycles. The molecule has 2 amide bonds. The van der Waals surface area contributed by atoms with Crippen molar-refractivity contribution in [3.05, 3.63) is 0 Å². The van der Waals surface area contributed by atoms with E-state index in [9.17, 15) is 9.59 Å². The highest BCUT2D eigenvalue weighted by Gasteiger charge is 2.40. The molecule has 138 valence electrons. The number of rotatable bonds is 4. The van der Waals surface area contributed by atoms with Crippen molar-refractivity contribution in [3.63, 3.8) is 0 Å². The minimum absolute atomic E-state index is 0. The van der Waals surface area contributed by atoms with Crippen LogP contribution in [0.25, 0.3) is 0 Å². The monoisotopic (exact) mass is 357 g/mol. The smallest absolute Gasteiger partial charge is 0.239 e. The molecule has 0 aromatic rings. The van der Waals surface area contributed by atoms with E-state index in [2.05, 4.69) is 10.6 Å². The quantitative estimate of drug-likeness (QED) is 0.811. The summed E-state index contributed by atoms with van der Waals surface area (Å²) in [7, 11) is 0. The van der Waals surface area contributed by atoms with E-state index in [-0.39, 0.29) is 36.3 Å². The van der Waals surface area contributed by atoms with Crippen molar-refractivity contribution in [3.8, 4) is 0 Å². The maximum Gasteiger partial charge on any atom is 0.239 e. The van der Waals surface area contributed by atoms with Crippen molar-refractivity contribution in [2.75, 3.05) is 13.1 Å². The van der Waals surface area contributed by atoms with E-state index in [4.69, 9.17) is 0 Å². The third-order valence-corrected chi connectivity index (χ3v) is 5.74. The lowest BCUT2D eigenvalue weighted by Gasteiger charge is -2.34. The van der Waals surface area contributed by atoms with Gasteiger partial charge < -0.3 is 15.5 Å². The Bertz CT molecular complexity index is 432. The second kappa shape index (κ2) is 9.04. The number of piperidine rings is 1. The highest BCUT2D eigenvalue weighted by Crippen LogP contribution is 2.33. The summed E-state index contributed by atoms with van der Waals surface area (Å²) in [6.45, 7) is 3.54. The summed E-state index contributed by atoms with van der Waals surface area (Å²) in [5.41, 5.74) is 0. The number of hydrogen-bond donors (Lipinski definition) is 2. The Hall–Kier alpha value is -0.810. The van der Waals surface area contributed by atoms with Crippen LogP contribution in [0.5, 0.6) is 0 Å². The summed E-state index contributed by atoms with van der Waals surface area (Å²) >= 11 is 0. The van der Waals surface area contributed by atoms with E-state index in [1.807, 2.05) is 11.8 Å². The van der Waals surface area contributed by atoms with Gasteiger partial charge in [-0.05, 0) is 44.4 Å². The molecular weight excluding hydrogens is 326 g/mol. The van der Waals surface area contributed by atoms with E-state index >= 15 is 0 Å². The summed E-state index contributed by atoms with van der Waals surface area (Å²) in [4.78, 5) is 26.6. The minimum Gasteiger partial charge on any atom is -0.352 e. The van der Waals surface area contributed by atoms with E-state index in [0.29, 0.717) is 24.9 Å². The Morgan fingerprint density at radius 2 is 1.96 bits per heavy atom. The molecule has 5 nitrogen and oxygen atoms in total. The molecule has 3 aliphatic rings. The second-order valence-electron chi connectivity index (χ2n) is 7.55. The number of nitrogens with zero attached hydrogens (tertiary/aromatic N) is 1. The molecule has 2 saturated heterocycles. The fraction of sp³-hybridized carbons (Fsp3) is 0.889. The molecular formula is C18H32ClN3O2. The van der Waals surface area contributed by atoms with Crippen molar-refractivity contribution in [1.29, 1.82) is 0 Å². The van der Waals surface area contributed by atoms with E-state index in [1.165, 1.54) is 25.7 Å². The standard InChI is InChI=1S/C18H31N3O2.ClH/c1-2-6-17(22)19-14-8-5-10-21(12-14)18(23)16-11-13-7-3-4-9-15(13)20-16;/h13-16,20H,2-12H2,1H3,(H,19,22);1H. The maximum atomic E-state index is 12.9. The number of likely N-dealkylation sites (tertiary alicyclic amines) is 1. The summed E-state index contributed by atoms with van der Waals surface area (Å²) in [6.07, 6.45) is 9.55. The Kier molecular flexibility index (Phi) is 7.35. The van der Waals surface area contributed by atoms with Crippen LogP contribution in [0.2, 0.25) is 0 Å². The molecule has 4 atom stereocenters. The predicted octanol–water partition coefficient (Wildman–Crippen LogP) is 2.24. The van der Waals surface area contributed by atoms with Gasteiger partial charge in [-0.25, -0.2) is 0 Å². The van der Waals surface area contributed by atoms with E-state index in [1.54, 1.807) is 0 Å². The summed E-state index contributed by atoms with van der Waals surface area (Å²) in [5.74, 6) is 1.08. The van der Waals surface area contributed by atoms with Gasteiger partial charge in [0.1, 0.15) is 0 Å². The van der Waals surface area contributed by atoms with Crippen LogP contribution in [0.15, 0.2) is 0 Å². The van der Waals surface area contributed by atoms with Crippen LogP contribution in [0.1, 0.15) is 64.7 Å². The largest absolute Gasteiger partial charge is 0.352 e. The fourth-order valence-corrected chi connectivity index (χ4v) is 4.55. The molecule has 3 fully saturated rings. The summed E-state index contributed by atoms with van der Waals surface area (Å²) in [5, 5.41) is 6.68. The Morgan fingerprint density at radius 3 is 2.71 bits per heavy atom. The molecule has 0 aromatic carbocycles. The zero-order valence-electron chi connectivity index (χ0n) is 14.8. The molecule has 0 bridgehead atoms. The molecule has 0 spiro atoms. The molecule has 3 rings (SSSR count). The average molecular weight is 358 g/mol. The number of carbonyl (C=O) groups excluding carboxylic acids is 2. The Labute approximate surface area is 151 Å². The van der Waals surface area contributed by atoms with Gasteiger partial charge in [0.25, 0.3) is 0 Å². The molecule has 0 radical (unpaired) electrons. The Morgan fingerprint density at radius 1 is 1.17 bits per heavy atom. The Balaban J connectivity index is 0.00000208. The van der Waals surface area contributed by atoms with Crippen LogP contribution in [-0.4, -0.2) is 47.9 Å². The van der Waals surface area contributed by atoms with E-state index < -0.39 is 0 Å². The first-order valence-corrected chi connectivity index (χ1v) is 9.51. The van der Waals surface area contributed by atoms with Gasteiger partial charge in [-0.15, -0.1) is 12.4 Å². The molecule has 2 aliphatic heterocycles. The van der Waals surface area contributed by atoms with Crippen LogP contribution in [-0.2, 0) is 9.59 Å². The maximum absolute atomic E-state index is 12.9. The SMILES string of the molecule is CCCC(=O)NC1CCCN(C(=O)C2CC3CCCCC3N2)C1.Cl. The van der Waals surface area contributed by atoms with Crippen molar-refractivity contribution in [1.82, 2.24) is 15.5 Å². The number of fused-ring (bicyclic) bond motifs is 1. The minimum atomic E-state index is 0. The highest BCUT2D eigenvalue weighted by molar-refractivity contribution is 5.85. The number of hydrogen-bond acceptors (Lipinski definition) is 3. The molecule has 2 N–H and O–H groups in total. The third kappa shape index (κ3) is 4.63. The van der Waals surface area contributed by atoms with Crippen LogP contribution in [0.3, 0.4) is 0 Å². The molecule has 0 aromatic heterocycles. The predicted molar refractivity (Wildman–Crippen MR) is 97.2 cm³/mol. The van der Waals surface area contributed by atoms with Crippen LogP contribution in [0, 0.1) is 5.92 Å². The number of nitrogens with one attached hydrogen (secondary N) is 2. The zero-order chi connectivity index (χ0) is 16.2. The van der Waals surface area contributed by atoms with Gasteiger partial charge >= 0.3 is 0 Å². The first kappa shape index (κ1) is 19.5. The average Bonchev–Trinajstić information content (AvgIpc) is 2.98. The molecule has 1 saturated carbocycles. The molecule has 1 aliphatic carbocycles. The van der Waals surface area contributed by atoms with Gasteiger partial charge in [0.2, 0.25) is 11.8 Å². The van der Waals surface area contributed by atoms with E-state index in [0.717, 1.165) is 32.2 Å². The van der Waals surface area contributed by atoms with Gasteiger partial charge in [0.05, 0.1) is 6.04 Å². The van der Waals surface area contributed by atoms with Crippen molar-refractivity contribution in [2.45, 2.75) is 82.8 Å². The van der Waals surface area contributed by atoms with Crippen molar-refractivity contribution >= 4 is 24.2 Å². The van der Waals surface area contributed by atoms with Crippen molar-refractivity contribution in [2.24, 2.45) is 5.92 Å². The van der Waals surface area contributed by atoms with Gasteiger partial charge in [-0.1, -0.05) is 19.8 Å². The van der Waals surface area contributed by atoms with Gasteiger partial charge in [0, 0.05) is 31.6 Å².